The SMILES string of the molecule is C[C@H]1[C@H](C(C)(C)O)[C@@H](CC(=O)N2Cc3ccccc3C[C@H]2CO)O[C@]12C(=O)N(Cc1ccc(I)cc1)c1ccccc12. The molecule has 3 heterocycles. The third-order valence-electron chi connectivity index (χ3n) is 9.41. The lowest BCUT2D eigenvalue weighted by Crippen LogP contribution is -2.48. The first kappa shape index (κ1) is 29.3. The highest BCUT2D eigenvalue weighted by molar-refractivity contribution is 14.1. The van der Waals surface area contributed by atoms with Crippen LogP contribution in [0.2, 0.25) is 0 Å². The second-order valence-electron chi connectivity index (χ2n) is 12.4. The monoisotopic (exact) mass is 680 g/mol. The average molecular weight is 681 g/mol. The number of rotatable bonds is 6. The van der Waals surface area contributed by atoms with Gasteiger partial charge in [0.2, 0.25) is 5.91 Å². The number of aliphatic hydroxyl groups excluding tert-OH is 1. The summed E-state index contributed by atoms with van der Waals surface area (Å²) in [5.41, 5.74) is 2.25. The Hall–Kier alpha value is -2.79. The second-order valence-corrected chi connectivity index (χ2v) is 13.7. The number of anilines is 1. The van der Waals surface area contributed by atoms with Crippen LogP contribution in [0, 0.1) is 15.4 Å². The third-order valence-corrected chi connectivity index (χ3v) is 10.1. The van der Waals surface area contributed by atoms with Crippen LogP contribution < -0.4 is 4.90 Å². The van der Waals surface area contributed by atoms with E-state index in [0.717, 1.165) is 31.5 Å². The molecule has 2 N–H and O–H groups in total. The van der Waals surface area contributed by atoms with Crippen molar-refractivity contribution in [1.82, 2.24) is 4.90 Å². The van der Waals surface area contributed by atoms with Crippen LogP contribution in [0.15, 0.2) is 72.8 Å². The number of ether oxygens (including phenoxy) is 1. The van der Waals surface area contributed by atoms with E-state index in [1.807, 2.05) is 79.7 Å². The summed E-state index contributed by atoms with van der Waals surface area (Å²) in [6.45, 7) is 6.09. The van der Waals surface area contributed by atoms with Crippen LogP contribution in [-0.2, 0) is 39.4 Å². The van der Waals surface area contributed by atoms with Gasteiger partial charge in [0.15, 0.2) is 5.60 Å². The maximum Gasteiger partial charge on any atom is 0.264 e. The van der Waals surface area contributed by atoms with Gasteiger partial charge in [-0.25, -0.2) is 0 Å². The third kappa shape index (κ3) is 4.86. The number of hydrogen-bond acceptors (Lipinski definition) is 5. The fourth-order valence-electron chi connectivity index (χ4n) is 7.49. The summed E-state index contributed by atoms with van der Waals surface area (Å²) in [6.07, 6.45) is -0.107. The van der Waals surface area contributed by atoms with Gasteiger partial charge >= 0.3 is 0 Å². The zero-order valence-corrected chi connectivity index (χ0v) is 26.3. The molecule has 3 aromatic rings. The summed E-state index contributed by atoms with van der Waals surface area (Å²) in [4.78, 5) is 31.9. The second kappa shape index (κ2) is 11.0. The van der Waals surface area contributed by atoms with Gasteiger partial charge in [-0.1, -0.05) is 61.5 Å². The summed E-state index contributed by atoms with van der Waals surface area (Å²) in [5, 5.41) is 21.6. The number of nitrogens with zero attached hydrogens (tertiary/aromatic N) is 2. The molecule has 220 valence electrons. The minimum absolute atomic E-state index is 0.00594. The minimum atomic E-state index is -1.32. The molecular formula is C34H37IN2O5. The lowest BCUT2D eigenvalue weighted by Gasteiger charge is -2.38. The van der Waals surface area contributed by atoms with Gasteiger partial charge in [-0.3, -0.25) is 9.59 Å². The summed E-state index contributed by atoms with van der Waals surface area (Å²) in [5.74, 6) is -1.21. The van der Waals surface area contributed by atoms with E-state index < -0.39 is 29.1 Å². The van der Waals surface area contributed by atoms with Gasteiger partial charge in [0.1, 0.15) is 0 Å². The Morgan fingerprint density at radius 2 is 1.71 bits per heavy atom. The molecular weight excluding hydrogens is 643 g/mol. The van der Waals surface area contributed by atoms with Crippen molar-refractivity contribution in [2.75, 3.05) is 11.5 Å². The zero-order valence-electron chi connectivity index (χ0n) is 24.2. The molecule has 42 heavy (non-hydrogen) atoms. The smallest absolute Gasteiger partial charge is 0.264 e. The average Bonchev–Trinajstić information content (AvgIpc) is 3.39. The van der Waals surface area contributed by atoms with Gasteiger partial charge in [-0.2, -0.15) is 0 Å². The highest BCUT2D eigenvalue weighted by atomic mass is 127. The Kier molecular flexibility index (Phi) is 7.70. The van der Waals surface area contributed by atoms with E-state index in [0.29, 0.717) is 19.5 Å². The van der Waals surface area contributed by atoms with Crippen LogP contribution in [0.3, 0.4) is 0 Å². The molecule has 3 aliphatic heterocycles. The molecule has 7 nitrogen and oxygen atoms in total. The van der Waals surface area contributed by atoms with Gasteiger partial charge < -0.3 is 24.7 Å². The molecule has 1 saturated heterocycles. The Morgan fingerprint density at radius 3 is 2.40 bits per heavy atom. The van der Waals surface area contributed by atoms with Crippen molar-refractivity contribution in [3.63, 3.8) is 0 Å². The van der Waals surface area contributed by atoms with E-state index >= 15 is 0 Å². The number of aliphatic hydroxyl groups is 2. The fourth-order valence-corrected chi connectivity index (χ4v) is 7.85. The number of para-hydroxylation sites is 1. The molecule has 1 fully saturated rings. The molecule has 6 rings (SSSR count). The highest BCUT2D eigenvalue weighted by Gasteiger charge is 2.66. The number of benzene rings is 3. The predicted octanol–water partition coefficient (Wildman–Crippen LogP) is 4.79. The normalized spacial score (nSPS) is 27.0. The van der Waals surface area contributed by atoms with Crippen molar-refractivity contribution < 1.29 is 24.5 Å². The number of amides is 2. The van der Waals surface area contributed by atoms with Crippen molar-refractivity contribution in [1.29, 1.82) is 0 Å². The van der Waals surface area contributed by atoms with Crippen molar-refractivity contribution in [3.8, 4) is 0 Å². The lowest BCUT2D eigenvalue weighted by molar-refractivity contribution is -0.151. The molecule has 0 aromatic heterocycles. The number of carbonyl (C=O) groups excluding carboxylic acids is 2. The largest absolute Gasteiger partial charge is 0.394 e. The Morgan fingerprint density at radius 1 is 1.05 bits per heavy atom. The van der Waals surface area contributed by atoms with Gasteiger partial charge in [0.25, 0.3) is 5.91 Å². The molecule has 0 bridgehead atoms. The standard InChI is InChI=1S/C34H37IN2O5/c1-21-31(33(2,3)41)29(17-30(39)36-19-24-9-5-4-8-23(24)16-26(36)20-38)42-34(21)27-10-6-7-11-28(27)37(32(34)40)18-22-12-14-25(35)15-13-22/h4-15,21,26,29,31,38,41H,16-20H2,1-3H3/t21-,26-,29+,31-,34+/m0/s1. The lowest BCUT2D eigenvalue weighted by atomic mass is 9.70. The molecule has 8 heteroatoms. The van der Waals surface area contributed by atoms with Crippen LogP contribution in [0.25, 0.3) is 0 Å². The van der Waals surface area contributed by atoms with Crippen molar-refractivity contribution in [2.24, 2.45) is 11.8 Å². The molecule has 3 aliphatic rings. The maximum atomic E-state index is 14.5. The molecule has 2 amide bonds. The van der Waals surface area contributed by atoms with Gasteiger partial charge in [0.05, 0.1) is 43.0 Å². The van der Waals surface area contributed by atoms with Gasteiger partial charge in [-0.15, -0.1) is 0 Å². The summed E-state index contributed by atoms with van der Waals surface area (Å²) < 4.78 is 7.94. The summed E-state index contributed by atoms with van der Waals surface area (Å²) >= 11 is 2.27. The van der Waals surface area contributed by atoms with E-state index in [1.165, 1.54) is 0 Å². The number of fused-ring (bicyclic) bond motifs is 3. The van der Waals surface area contributed by atoms with E-state index in [2.05, 4.69) is 22.6 Å². The first-order chi connectivity index (χ1) is 20.0. The van der Waals surface area contributed by atoms with Crippen LogP contribution in [0.5, 0.6) is 0 Å². The zero-order chi connectivity index (χ0) is 29.8. The first-order valence-electron chi connectivity index (χ1n) is 14.6. The van der Waals surface area contributed by atoms with E-state index in [9.17, 15) is 19.8 Å². The van der Waals surface area contributed by atoms with Crippen LogP contribution in [0.4, 0.5) is 5.69 Å². The van der Waals surface area contributed by atoms with E-state index in [1.54, 1.807) is 23.6 Å². The molecule has 0 unspecified atom stereocenters. The van der Waals surface area contributed by atoms with Crippen LogP contribution in [0.1, 0.15) is 49.4 Å². The topological polar surface area (TPSA) is 90.3 Å². The van der Waals surface area contributed by atoms with Crippen LogP contribution in [-0.4, -0.2) is 51.3 Å². The van der Waals surface area contributed by atoms with Crippen molar-refractivity contribution in [2.45, 2.75) is 70.1 Å². The Balaban J connectivity index is 1.33. The minimum Gasteiger partial charge on any atom is -0.394 e. The van der Waals surface area contributed by atoms with Crippen LogP contribution >= 0.6 is 22.6 Å². The van der Waals surface area contributed by atoms with E-state index in [-0.39, 0.29) is 30.9 Å². The van der Waals surface area contributed by atoms with Gasteiger partial charge in [-0.05, 0) is 77.7 Å². The molecule has 0 saturated carbocycles. The quantitative estimate of drug-likeness (QED) is 0.366. The van der Waals surface area contributed by atoms with E-state index in [4.69, 9.17) is 4.74 Å². The Labute approximate surface area is 260 Å². The first-order valence-corrected chi connectivity index (χ1v) is 15.7. The molecule has 0 aliphatic carbocycles. The molecule has 5 atom stereocenters. The maximum absolute atomic E-state index is 14.5. The summed E-state index contributed by atoms with van der Waals surface area (Å²) in [6, 6.07) is 23.5. The molecule has 1 spiro atoms. The molecule has 0 radical (unpaired) electrons. The highest BCUT2D eigenvalue weighted by Crippen LogP contribution is 2.58. The van der Waals surface area contributed by atoms with Crippen molar-refractivity contribution >= 4 is 40.1 Å². The number of carbonyl (C=O) groups is 2. The predicted molar refractivity (Wildman–Crippen MR) is 168 cm³/mol. The molecule has 3 aromatic carbocycles. The van der Waals surface area contributed by atoms with Crippen molar-refractivity contribution in [3.05, 3.63) is 98.6 Å². The van der Waals surface area contributed by atoms with Gasteiger partial charge in [0, 0.05) is 27.5 Å². The number of hydrogen-bond donors (Lipinski definition) is 2. The number of halogens is 1. The Bertz CT molecular complexity index is 1500. The fraction of sp³-hybridized carbons (Fsp3) is 0.412. The summed E-state index contributed by atoms with van der Waals surface area (Å²) in [7, 11) is 0.